The van der Waals surface area contributed by atoms with E-state index in [0.29, 0.717) is 36.9 Å². The zero-order valence-electron chi connectivity index (χ0n) is 13.3. The maximum atomic E-state index is 12.6. The molecule has 2 aromatic rings. The summed E-state index contributed by atoms with van der Waals surface area (Å²) < 4.78 is 0. The Hall–Kier alpha value is -2.80. The van der Waals surface area contributed by atoms with Crippen LogP contribution in [0.25, 0.3) is 0 Å². The minimum Gasteiger partial charge on any atom is -0.507 e. The van der Waals surface area contributed by atoms with Crippen LogP contribution in [0.3, 0.4) is 0 Å². The molecule has 0 radical (unpaired) electrons. The van der Waals surface area contributed by atoms with Crippen molar-refractivity contribution in [1.82, 2.24) is 4.90 Å². The van der Waals surface area contributed by atoms with Crippen LogP contribution in [0.15, 0.2) is 42.5 Å². The Bertz CT molecular complexity index is 819. The molecule has 25 heavy (non-hydrogen) atoms. The topological polar surface area (TPSA) is 86.9 Å². The van der Waals surface area contributed by atoms with E-state index in [2.05, 4.69) is 0 Å². The predicted octanol–water partition coefficient (Wildman–Crippen LogP) is 2.92. The number of para-hydroxylation sites is 2. The first-order valence-electron chi connectivity index (χ1n) is 7.73. The highest BCUT2D eigenvalue weighted by Gasteiger charge is 2.27. The normalized spacial score (nSPS) is 14.4. The number of hydrogen-bond donors (Lipinski definition) is 1. The molecule has 0 aromatic heterocycles. The van der Waals surface area contributed by atoms with E-state index in [-0.39, 0.29) is 22.9 Å². The summed E-state index contributed by atoms with van der Waals surface area (Å²) in [6.45, 7) is 1.74. The molecule has 0 bridgehead atoms. The number of amides is 1. The monoisotopic (exact) mass is 361 g/mol. The number of nitrogens with zero attached hydrogens (tertiary/aromatic N) is 3. The molecule has 3 rings (SSSR count). The summed E-state index contributed by atoms with van der Waals surface area (Å²) in [4.78, 5) is 26.8. The van der Waals surface area contributed by atoms with Gasteiger partial charge in [-0.1, -0.05) is 23.7 Å². The predicted molar refractivity (Wildman–Crippen MR) is 94.3 cm³/mol. The molecule has 8 heteroatoms. The van der Waals surface area contributed by atoms with Crippen molar-refractivity contribution < 1.29 is 14.8 Å². The van der Waals surface area contributed by atoms with Gasteiger partial charge in [0.05, 0.1) is 10.5 Å². The standard InChI is InChI=1S/C17H16ClN3O4/c18-12-5-6-16(22)13(11-12)17(23)20-9-7-19(8-10-20)14-3-1-2-4-15(14)21(24)25/h1-6,11,22H,7-10H2. The van der Waals surface area contributed by atoms with Gasteiger partial charge in [-0.2, -0.15) is 0 Å². The fourth-order valence-corrected chi connectivity index (χ4v) is 3.06. The number of carbonyl (C=O) groups is 1. The van der Waals surface area contributed by atoms with Gasteiger partial charge in [-0.25, -0.2) is 0 Å². The highest BCUT2D eigenvalue weighted by molar-refractivity contribution is 6.31. The molecule has 0 spiro atoms. The van der Waals surface area contributed by atoms with Gasteiger partial charge in [0, 0.05) is 37.3 Å². The lowest BCUT2D eigenvalue weighted by molar-refractivity contribution is -0.384. The van der Waals surface area contributed by atoms with Crippen LogP contribution in [0.2, 0.25) is 5.02 Å². The smallest absolute Gasteiger partial charge is 0.292 e. The molecule has 0 aliphatic carbocycles. The summed E-state index contributed by atoms with van der Waals surface area (Å²) in [6.07, 6.45) is 0. The fraction of sp³-hybridized carbons (Fsp3) is 0.235. The Labute approximate surface area is 149 Å². The molecule has 130 valence electrons. The van der Waals surface area contributed by atoms with Gasteiger partial charge in [0.1, 0.15) is 11.4 Å². The van der Waals surface area contributed by atoms with Crippen LogP contribution in [0, 0.1) is 10.1 Å². The van der Waals surface area contributed by atoms with E-state index in [0.717, 1.165) is 0 Å². The SMILES string of the molecule is O=C(c1cc(Cl)ccc1O)N1CCN(c2ccccc2[N+](=O)[O-])CC1. The van der Waals surface area contributed by atoms with E-state index in [1.54, 1.807) is 23.1 Å². The van der Waals surface area contributed by atoms with Crippen molar-refractivity contribution in [3.05, 3.63) is 63.2 Å². The molecule has 0 unspecified atom stereocenters. The van der Waals surface area contributed by atoms with Crippen LogP contribution in [-0.4, -0.2) is 47.0 Å². The van der Waals surface area contributed by atoms with Crippen LogP contribution in [0.5, 0.6) is 5.75 Å². The summed E-state index contributed by atoms with van der Waals surface area (Å²) in [5, 5.41) is 21.4. The van der Waals surface area contributed by atoms with Crippen molar-refractivity contribution in [2.45, 2.75) is 0 Å². The molecule has 1 aliphatic heterocycles. The molecule has 1 heterocycles. The third-order valence-electron chi connectivity index (χ3n) is 4.18. The van der Waals surface area contributed by atoms with Crippen molar-refractivity contribution >= 4 is 28.9 Å². The summed E-state index contributed by atoms with van der Waals surface area (Å²) in [5.74, 6) is -0.419. The number of rotatable bonds is 3. The number of benzene rings is 2. The molecule has 2 aromatic carbocycles. The van der Waals surface area contributed by atoms with Crippen molar-refractivity contribution in [3.8, 4) is 5.75 Å². The van der Waals surface area contributed by atoms with E-state index < -0.39 is 4.92 Å². The van der Waals surface area contributed by atoms with Gasteiger partial charge in [0.2, 0.25) is 0 Å². The summed E-state index contributed by atoms with van der Waals surface area (Å²) in [7, 11) is 0. The number of carbonyl (C=O) groups excluding carboxylic acids is 1. The Balaban J connectivity index is 1.73. The number of aromatic hydroxyl groups is 1. The van der Waals surface area contributed by atoms with Gasteiger partial charge in [0.25, 0.3) is 11.6 Å². The van der Waals surface area contributed by atoms with E-state index in [1.165, 1.54) is 24.3 Å². The number of halogens is 1. The van der Waals surface area contributed by atoms with Crippen molar-refractivity contribution in [2.24, 2.45) is 0 Å². The first kappa shape index (κ1) is 17.0. The molecule has 0 saturated carbocycles. The van der Waals surface area contributed by atoms with Gasteiger partial charge >= 0.3 is 0 Å². The van der Waals surface area contributed by atoms with Crippen LogP contribution >= 0.6 is 11.6 Å². The van der Waals surface area contributed by atoms with Crippen molar-refractivity contribution in [2.75, 3.05) is 31.1 Å². The van der Waals surface area contributed by atoms with Crippen LogP contribution < -0.4 is 4.90 Å². The zero-order chi connectivity index (χ0) is 18.0. The van der Waals surface area contributed by atoms with Crippen LogP contribution in [-0.2, 0) is 0 Å². The summed E-state index contributed by atoms with van der Waals surface area (Å²) in [5.41, 5.74) is 0.756. The minimum atomic E-state index is -0.406. The van der Waals surface area contributed by atoms with E-state index in [4.69, 9.17) is 11.6 Å². The van der Waals surface area contributed by atoms with Gasteiger partial charge < -0.3 is 14.9 Å². The molecular formula is C17H16ClN3O4. The summed E-state index contributed by atoms with van der Waals surface area (Å²) >= 11 is 5.90. The highest BCUT2D eigenvalue weighted by atomic mass is 35.5. The highest BCUT2D eigenvalue weighted by Crippen LogP contribution is 2.29. The molecule has 1 N–H and O–H groups in total. The lowest BCUT2D eigenvalue weighted by Crippen LogP contribution is -2.49. The van der Waals surface area contributed by atoms with E-state index in [9.17, 15) is 20.0 Å². The first-order chi connectivity index (χ1) is 12.0. The number of phenolic OH excluding ortho intramolecular Hbond substituents is 1. The maximum absolute atomic E-state index is 12.6. The Morgan fingerprint density at radius 3 is 2.48 bits per heavy atom. The van der Waals surface area contributed by atoms with E-state index in [1.807, 2.05) is 4.90 Å². The molecule has 7 nitrogen and oxygen atoms in total. The largest absolute Gasteiger partial charge is 0.507 e. The number of nitro groups is 1. The van der Waals surface area contributed by atoms with Crippen LogP contribution in [0.4, 0.5) is 11.4 Å². The molecule has 1 amide bonds. The second-order valence-electron chi connectivity index (χ2n) is 5.69. The number of hydrogen-bond acceptors (Lipinski definition) is 5. The van der Waals surface area contributed by atoms with Crippen molar-refractivity contribution in [3.63, 3.8) is 0 Å². The second kappa shape index (κ2) is 6.98. The average Bonchev–Trinajstić information content (AvgIpc) is 2.63. The number of phenols is 1. The van der Waals surface area contributed by atoms with Gasteiger partial charge in [-0.05, 0) is 24.3 Å². The molecule has 1 saturated heterocycles. The third-order valence-corrected chi connectivity index (χ3v) is 4.41. The van der Waals surface area contributed by atoms with E-state index >= 15 is 0 Å². The molecular weight excluding hydrogens is 346 g/mol. The number of piperazine rings is 1. The first-order valence-corrected chi connectivity index (χ1v) is 8.11. The average molecular weight is 362 g/mol. The van der Waals surface area contributed by atoms with Crippen LogP contribution in [0.1, 0.15) is 10.4 Å². The Morgan fingerprint density at radius 1 is 1.12 bits per heavy atom. The molecule has 1 fully saturated rings. The third kappa shape index (κ3) is 3.51. The maximum Gasteiger partial charge on any atom is 0.292 e. The van der Waals surface area contributed by atoms with Crippen molar-refractivity contribution in [1.29, 1.82) is 0 Å². The van der Waals surface area contributed by atoms with Gasteiger partial charge in [-0.15, -0.1) is 0 Å². The number of nitro benzene ring substituents is 1. The Morgan fingerprint density at radius 2 is 1.80 bits per heavy atom. The zero-order valence-corrected chi connectivity index (χ0v) is 14.0. The van der Waals surface area contributed by atoms with Gasteiger partial charge in [-0.3, -0.25) is 14.9 Å². The molecule has 0 atom stereocenters. The molecule has 1 aliphatic rings. The lowest BCUT2D eigenvalue weighted by atomic mass is 10.1. The fourth-order valence-electron chi connectivity index (χ4n) is 2.89. The summed E-state index contributed by atoms with van der Waals surface area (Å²) in [6, 6.07) is 10.9. The second-order valence-corrected chi connectivity index (χ2v) is 6.12. The quantitative estimate of drug-likeness (QED) is 0.671. The minimum absolute atomic E-state index is 0.0507. The number of anilines is 1. The van der Waals surface area contributed by atoms with Gasteiger partial charge in [0.15, 0.2) is 0 Å². The lowest BCUT2D eigenvalue weighted by Gasteiger charge is -2.35. The Kier molecular flexibility index (Phi) is 4.76.